The number of carbonyl (C=O) groups is 3. The molecule has 1 aliphatic heterocycles. The number of amides is 2. The number of unbranched alkanes of at least 4 members (excludes halogenated alkanes) is 1. The maximum Gasteiger partial charge on any atom is 0.335 e. The molecule has 3 atom stereocenters. The van der Waals surface area contributed by atoms with Crippen LogP contribution in [0.2, 0.25) is 0 Å². The number of thioether (sulfide) groups is 1. The summed E-state index contributed by atoms with van der Waals surface area (Å²) >= 11 is 1.58. The van der Waals surface area contributed by atoms with Crippen LogP contribution in [0.3, 0.4) is 0 Å². The molecule has 222 valence electrons. The number of benzene rings is 3. The molecule has 11 heteroatoms. The Morgan fingerprint density at radius 2 is 1.48 bits per heavy atom. The van der Waals surface area contributed by atoms with E-state index in [1.807, 2.05) is 36.4 Å². The lowest BCUT2D eigenvalue weighted by atomic mass is 10.0. The predicted octanol–water partition coefficient (Wildman–Crippen LogP) is 5.22. The first kappa shape index (κ1) is 31.2. The van der Waals surface area contributed by atoms with E-state index in [0.29, 0.717) is 30.7 Å². The summed E-state index contributed by atoms with van der Waals surface area (Å²) in [4.78, 5) is 35.5. The van der Waals surface area contributed by atoms with Gasteiger partial charge in [-0.3, -0.25) is 14.8 Å². The van der Waals surface area contributed by atoms with Crippen molar-refractivity contribution in [2.24, 2.45) is 0 Å². The molecule has 0 aromatic heterocycles. The molecule has 1 aliphatic rings. The molecule has 3 aromatic carbocycles. The molecule has 1 saturated heterocycles. The van der Waals surface area contributed by atoms with Crippen molar-refractivity contribution >= 4 is 35.2 Å². The number of aromatic carboxylic acids is 1. The number of nitrogens with one attached hydrogen (secondary N) is 2. The minimum absolute atomic E-state index is 0.0404. The molecular formula is C31H34N2O8S. The zero-order valence-electron chi connectivity index (χ0n) is 22.9. The molecule has 4 rings (SSSR count). The van der Waals surface area contributed by atoms with Gasteiger partial charge in [-0.25, -0.2) is 10.3 Å². The van der Waals surface area contributed by atoms with Crippen LogP contribution in [-0.4, -0.2) is 45.1 Å². The number of hydrogen-bond donors (Lipinski definition) is 5. The number of rotatable bonds is 13. The standard InChI is InChI=1S/C31H34N2O8S/c34-18-20-5-7-21(8-6-20)27-17-25(19-42-26-15-11-22(12-16-26)30(37)38)40-31(41-27)23-9-13-24(14-10-23)32-28(35)3-1-2-4-29(36)33-39/h5-16,25,27,31,34,39H,1-4,17-19H2,(H,32,35)(H,33,36)(H,37,38). The number of carboxylic acid groups (broad SMARTS) is 1. The molecule has 5 N–H and O–H groups in total. The van der Waals surface area contributed by atoms with Crippen LogP contribution in [0.25, 0.3) is 0 Å². The van der Waals surface area contributed by atoms with Gasteiger partial charge in [0.05, 0.1) is 24.4 Å². The molecular weight excluding hydrogens is 560 g/mol. The van der Waals surface area contributed by atoms with Crippen molar-refractivity contribution in [3.63, 3.8) is 0 Å². The van der Waals surface area contributed by atoms with Gasteiger partial charge in [-0.2, -0.15) is 0 Å². The monoisotopic (exact) mass is 594 g/mol. The zero-order valence-corrected chi connectivity index (χ0v) is 23.7. The highest BCUT2D eigenvalue weighted by Gasteiger charge is 2.32. The van der Waals surface area contributed by atoms with Crippen molar-refractivity contribution in [1.82, 2.24) is 5.48 Å². The van der Waals surface area contributed by atoms with Crippen LogP contribution in [0.15, 0.2) is 77.7 Å². The number of carbonyl (C=O) groups excluding carboxylic acids is 2. The Morgan fingerprint density at radius 1 is 0.833 bits per heavy atom. The van der Waals surface area contributed by atoms with Crippen molar-refractivity contribution < 1.29 is 39.3 Å². The zero-order chi connectivity index (χ0) is 29.9. The molecule has 0 aliphatic carbocycles. The van der Waals surface area contributed by atoms with Gasteiger partial charge in [0.15, 0.2) is 6.29 Å². The highest BCUT2D eigenvalue weighted by Crippen LogP contribution is 2.39. The third-order valence-corrected chi connectivity index (χ3v) is 7.95. The molecule has 0 saturated carbocycles. The predicted molar refractivity (Wildman–Crippen MR) is 156 cm³/mol. The second kappa shape index (κ2) is 15.5. The van der Waals surface area contributed by atoms with Crippen molar-refractivity contribution in [1.29, 1.82) is 0 Å². The number of carboxylic acids is 1. The molecule has 1 heterocycles. The summed E-state index contributed by atoms with van der Waals surface area (Å²) in [5.41, 5.74) is 5.02. The summed E-state index contributed by atoms with van der Waals surface area (Å²) in [6.45, 7) is -0.0404. The molecule has 1 fully saturated rings. The van der Waals surface area contributed by atoms with Crippen LogP contribution >= 0.6 is 11.8 Å². The highest BCUT2D eigenvalue weighted by molar-refractivity contribution is 7.99. The largest absolute Gasteiger partial charge is 0.478 e. The summed E-state index contributed by atoms with van der Waals surface area (Å²) in [6.07, 6.45) is 0.975. The Balaban J connectivity index is 1.40. The van der Waals surface area contributed by atoms with Gasteiger partial charge in [-0.15, -0.1) is 11.8 Å². The second-order valence-corrected chi connectivity index (χ2v) is 11.0. The molecule has 10 nitrogen and oxygen atoms in total. The average Bonchev–Trinajstić information content (AvgIpc) is 3.02. The number of aliphatic hydroxyl groups excluding tert-OH is 1. The maximum atomic E-state index is 12.3. The minimum Gasteiger partial charge on any atom is -0.478 e. The summed E-state index contributed by atoms with van der Waals surface area (Å²) < 4.78 is 12.7. The SMILES string of the molecule is O=C(CCCCC(=O)Nc1ccc(C2OC(CSc3ccc(C(=O)O)cc3)CC(c3ccc(CO)cc3)O2)cc1)NO. The van der Waals surface area contributed by atoms with Gasteiger partial charge in [0, 0.05) is 41.2 Å². The normalized spacial score (nSPS) is 18.3. The van der Waals surface area contributed by atoms with Gasteiger partial charge in [0.2, 0.25) is 11.8 Å². The Kier molecular flexibility index (Phi) is 11.5. The number of ether oxygens (including phenoxy) is 2. The minimum atomic E-state index is -0.965. The second-order valence-electron chi connectivity index (χ2n) is 9.90. The highest BCUT2D eigenvalue weighted by atomic mass is 32.2. The molecule has 0 radical (unpaired) electrons. The van der Waals surface area contributed by atoms with E-state index in [4.69, 9.17) is 19.8 Å². The third kappa shape index (κ3) is 9.13. The van der Waals surface area contributed by atoms with Gasteiger partial charge >= 0.3 is 5.97 Å². The van der Waals surface area contributed by atoms with E-state index in [2.05, 4.69) is 5.32 Å². The van der Waals surface area contributed by atoms with Gasteiger partial charge < -0.3 is 25.0 Å². The fourth-order valence-corrected chi connectivity index (χ4v) is 5.40. The van der Waals surface area contributed by atoms with Crippen LogP contribution in [0.5, 0.6) is 0 Å². The fourth-order valence-electron chi connectivity index (χ4n) is 4.48. The maximum absolute atomic E-state index is 12.3. The van der Waals surface area contributed by atoms with Crippen LogP contribution in [0.4, 0.5) is 5.69 Å². The summed E-state index contributed by atoms with van der Waals surface area (Å²) in [6, 6.07) is 21.6. The quantitative estimate of drug-likeness (QED) is 0.0775. The summed E-state index contributed by atoms with van der Waals surface area (Å²) in [5.74, 6) is -0.978. The van der Waals surface area contributed by atoms with Crippen LogP contribution in [0.1, 0.15) is 71.5 Å². The summed E-state index contributed by atoms with van der Waals surface area (Å²) in [5, 5.41) is 30.0. The van der Waals surface area contributed by atoms with E-state index in [0.717, 1.165) is 21.6 Å². The number of hydroxylamine groups is 1. The van der Waals surface area contributed by atoms with Crippen LogP contribution in [0, 0.1) is 0 Å². The molecule has 42 heavy (non-hydrogen) atoms. The lowest BCUT2D eigenvalue weighted by Crippen LogP contribution is -2.31. The molecule has 0 bridgehead atoms. The lowest BCUT2D eigenvalue weighted by molar-refractivity contribution is -0.245. The molecule has 3 aromatic rings. The number of hydrogen-bond acceptors (Lipinski definition) is 8. The molecule has 2 amide bonds. The van der Waals surface area contributed by atoms with E-state index in [1.54, 1.807) is 53.6 Å². The Morgan fingerprint density at radius 3 is 2.10 bits per heavy atom. The van der Waals surface area contributed by atoms with Crippen molar-refractivity contribution in [3.05, 3.63) is 95.1 Å². The van der Waals surface area contributed by atoms with Crippen molar-refractivity contribution in [2.75, 3.05) is 11.1 Å². The number of anilines is 1. The Bertz CT molecular complexity index is 1330. The first-order valence-electron chi connectivity index (χ1n) is 13.6. The van der Waals surface area contributed by atoms with Crippen LogP contribution < -0.4 is 10.8 Å². The first-order valence-corrected chi connectivity index (χ1v) is 14.6. The Labute approximate surface area is 248 Å². The Hall–Kier alpha value is -3.74. The molecule has 3 unspecified atom stereocenters. The first-order chi connectivity index (χ1) is 20.3. The van der Waals surface area contributed by atoms with Crippen molar-refractivity contribution in [2.45, 2.75) is 62.1 Å². The summed E-state index contributed by atoms with van der Waals surface area (Å²) in [7, 11) is 0. The van der Waals surface area contributed by atoms with E-state index in [1.165, 1.54) is 0 Å². The van der Waals surface area contributed by atoms with Crippen LogP contribution in [-0.2, 0) is 25.7 Å². The van der Waals surface area contributed by atoms with E-state index >= 15 is 0 Å². The van der Waals surface area contributed by atoms with E-state index in [-0.39, 0.29) is 43.1 Å². The fraction of sp³-hybridized carbons (Fsp3) is 0.323. The average molecular weight is 595 g/mol. The number of aliphatic hydroxyl groups is 1. The van der Waals surface area contributed by atoms with Gasteiger partial charge in [0.25, 0.3) is 0 Å². The molecule has 0 spiro atoms. The van der Waals surface area contributed by atoms with E-state index in [9.17, 15) is 19.5 Å². The topological polar surface area (TPSA) is 154 Å². The van der Waals surface area contributed by atoms with E-state index < -0.39 is 18.2 Å². The van der Waals surface area contributed by atoms with Gasteiger partial charge in [-0.05, 0) is 60.4 Å². The third-order valence-electron chi connectivity index (χ3n) is 6.80. The lowest BCUT2D eigenvalue weighted by Gasteiger charge is -2.36. The smallest absolute Gasteiger partial charge is 0.335 e. The van der Waals surface area contributed by atoms with Crippen molar-refractivity contribution in [3.8, 4) is 0 Å². The van der Waals surface area contributed by atoms with Gasteiger partial charge in [0.1, 0.15) is 0 Å². The van der Waals surface area contributed by atoms with Gasteiger partial charge in [-0.1, -0.05) is 36.4 Å².